The number of fused-ring (bicyclic) bond motifs is 1. The van der Waals surface area contributed by atoms with Gasteiger partial charge < -0.3 is 5.11 Å². The molecule has 0 bridgehead atoms. The van der Waals surface area contributed by atoms with Crippen LogP contribution in [0.1, 0.15) is 24.1 Å². The summed E-state index contributed by atoms with van der Waals surface area (Å²) < 4.78 is 1.51. The lowest BCUT2D eigenvalue weighted by Crippen LogP contribution is -2.32. The van der Waals surface area contributed by atoms with Crippen molar-refractivity contribution in [1.29, 1.82) is 0 Å². The minimum atomic E-state index is -0.852. The molecule has 110 valence electrons. The van der Waals surface area contributed by atoms with Gasteiger partial charge in [-0.3, -0.25) is 18.9 Å². The molecule has 0 unspecified atom stereocenters. The molecule has 6 heteroatoms. The second-order valence-electron chi connectivity index (χ2n) is 5.55. The molecule has 2 aromatic heterocycles. The van der Waals surface area contributed by atoms with Crippen molar-refractivity contribution in [3.63, 3.8) is 0 Å². The van der Waals surface area contributed by atoms with Crippen LogP contribution < -0.4 is 5.56 Å². The standard InChI is InChI=1S/C15H17N3O3/c1-10-2-5-13-16-11(6-14(19)18(13)7-10)8-17(9-15(20)21)12-3-4-12/h2,5-7,12H,3-4,8-9H2,1H3,(H,20,21). The van der Waals surface area contributed by atoms with Crippen LogP contribution >= 0.6 is 0 Å². The van der Waals surface area contributed by atoms with Crippen LogP contribution in [-0.2, 0) is 11.3 Å². The van der Waals surface area contributed by atoms with Crippen LogP contribution in [-0.4, -0.2) is 37.9 Å². The predicted octanol–water partition coefficient (Wildman–Crippen LogP) is 1.05. The summed E-state index contributed by atoms with van der Waals surface area (Å²) in [5.41, 5.74) is 2.07. The molecular weight excluding hydrogens is 270 g/mol. The quantitative estimate of drug-likeness (QED) is 0.889. The highest BCUT2D eigenvalue weighted by Crippen LogP contribution is 2.27. The Hall–Kier alpha value is -2.21. The first-order valence-electron chi connectivity index (χ1n) is 6.98. The molecule has 2 heterocycles. The van der Waals surface area contributed by atoms with Crippen LogP contribution in [0, 0.1) is 6.92 Å². The number of pyridine rings is 1. The van der Waals surface area contributed by atoms with E-state index >= 15 is 0 Å². The second-order valence-corrected chi connectivity index (χ2v) is 5.55. The Labute approximate surface area is 121 Å². The largest absolute Gasteiger partial charge is 0.480 e. The van der Waals surface area contributed by atoms with Crippen molar-refractivity contribution in [2.45, 2.75) is 32.4 Å². The van der Waals surface area contributed by atoms with Gasteiger partial charge in [-0.15, -0.1) is 0 Å². The Bertz CT molecular complexity index is 749. The number of aryl methyl sites for hydroxylation is 1. The van der Waals surface area contributed by atoms with Gasteiger partial charge >= 0.3 is 5.97 Å². The number of aromatic nitrogens is 2. The van der Waals surface area contributed by atoms with Gasteiger partial charge in [0.05, 0.1) is 12.2 Å². The van der Waals surface area contributed by atoms with Crippen LogP contribution in [0.25, 0.3) is 5.65 Å². The molecule has 1 saturated carbocycles. The lowest BCUT2D eigenvalue weighted by molar-refractivity contribution is -0.138. The van der Waals surface area contributed by atoms with Gasteiger partial charge in [0, 0.05) is 24.8 Å². The molecule has 6 nitrogen and oxygen atoms in total. The summed E-state index contributed by atoms with van der Waals surface area (Å²) in [6, 6.07) is 5.50. The number of hydrogen-bond donors (Lipinski definition) is 1. The van der Waals surface area contributed by atoms with E-state index in [0.717, 1.165) is 18.4 Å². The lowest BCUT2D eigenvalue weighted by Gasteiger charge is -2.19. The number of rotatable bonds is 5. The monoisotopic (exact) mass is 287 g/mol. The predicted molar refractivity (Wildman–Crippen MR) is 77.3 cm³/mol. The summed E-state index contributed by atoms with van der Waals surface area (Å²) in [5, 5.41) is 8.97. The molecule has 21 heavy (non-hydrogen) atoms. The summed E-state index contributed by atoms with van der Waals surface area (Å²) in [5.74, 6) is -0.852. The molecule has 0 aromatic carbocycles. The van der Waals surface area contributed by atoms with Gasteiger partial charge in [-0.2, -0.15) is 0 Å². The maximum absolute atomic E-state index is 12.1. The number of nitrogens with zero attached hydrogens (tertiary/aromatic N) is 3. The third kappa shape index (κ3) is 3.11. The van der Waals surface area contributed by atoms with Crippen LogP contribution in [0.3, 0.4) is 0 Å². The van der Waals surface area contributed by atoms with Gasteiger partial charge in [0.1, 0.15) is 5.65 Å². The van der Waals surface area contributed by atoms with Crippen molar-refractivity contribution < 1.29 is 9.90 Å². The Morgan fingerprint density at radius 1 is 1.48 bits per heavy atom. The fraction of sp³-hybridized carbons (Fsp3) is 0.400. The maximum Gasteiger partial charge on any atom is 0.317 e. The fourth-order valence-corrected chi connectivity index (χ4v) is 2.47. The van der Waals surface area contributed by atoms with E-state index in [0.29, 0.717) is 23.9 Å². The Morgan fingerprint density at radius 2 is 2.24 bits per heavy atom. The highest BCUT2D eigenvalue weighted by atomic mass is 16.4. The zero-order valence-electron chi connectivity index (χ0n) is 11.8. The molecule has 0 radical (unpaired) electrons. The third-order valence-corrected chi connectivity index (χ3v) is 3.63. The Balaban J connectivity index is 1.91. The first-order valence-corrected chi connectivity index (χ1v) is 6.98. The van der Waals surface area contributed by atoms with E-state index < -0.39 is 5.97 Å². The molecule has 1 aliphatic rings. The third-order valence-electron chi connectivity index (χ3n) is 3.63. The van der Waals surface area contributed by atoms with Gasteiger partial charge in [0.15, 0.2) is 0 Å². The molecule has 0 amide bonds. The number of hydrogen-bond acceptors (Lipinski definition) is 4. The van der Waals surface area contributed by atoms with Gasteiger partial charge in [-0.25, -0.2) is 4.98 Å². The van der Waals surface area contributed by atoms with Crippen LogP contribution in [0.15, 0.2) is 29.2 Å². The molecule has 1 N–H and O–H groups in total. The molecule has 0 spiro atoms. The first-order chi connectivity index (χ1) is 10.0. The van der Waals surface area contributed by atoms with Crippen molar-refractivity contribution in [2.24, 2.45) is 0 Å². The second kappa shape index (κ2) is 5.29. The topological polar surface area (TPSA) is 74.9 Å². The van der Waals surface area contributed by atoms with Gasteiger partial charge in [0.2, 0.25) is 0 Å². The van der Waals surface area contributed by atoms with E-state index in [-0.39, 0.29) is 12.1 Å². The summed E-state index contributed by atoms with van der Waals surface area (Å²) in [6.07, 6.45) is 3.78. The van der Waals surface area contributed by atoms with Crippen molar-refractivity contribution in [3.05, 3.63) is 46.0 Å². The molecular formula is C15H17N3O3. The highest BCUT2D eigenvalue weighted by Gasteiger charge is 2.30. The van der Waals surface area contributed by atoms with E-state index in [4.69, 9.17) is 5.11 Å². The number of aliphatic carboxylic acids is 1. The summed E-state index contributed by atoms with van der Waals surface area (Å²) >= 11 is 0. The fourth-order valence-electron chi connectivity index (χ4n) is 2.47. The SMILES string of the molecule is Cc1ccc2nc(CN(CC(=O)O)C3CC3)cc(=O)n2c1. The molecule has 1 aliphatic carbocycles. The average Bonchev–Trinajstić information content (AvgIpc) is 3.23. The number of carboxylic acid groups (broad SMARTS) is 1. The smallest absolute Gasteiger partial charge is 0.317 e. The van der Waals surface area contributed by atoms with Crippen molar-refractivity contribution in [2.75, 3.05) is 6.54 Å². The minimum Gasteiger partial charge on any atom is -0.480 e. The molecule has 3 rings (SSSR count). The molecule has 2 aromatic rings. The molecule has 0 aliphatic heterocycles. The van der Waals surface area contributed by atoms with Gasteiger partial charge in [-0.1, -0.05) is 6.07 Å². The van der Waals surface area contributed by atoms with E-state index in [1.54, 1.807) is 12.3 Å². The maximum atomic E-state index is 12.1. The van der Waals surface area contributed by atoms with Crippen LogP contribution in [0.4, 0.5) is 0 Å². The number of carboxylic acids is 1. The first kappa shape index (κ1) is 13.8. The molecule has 0 atom stereocenters. The Kier molecular flexibility index (Phi) is 3.47. The lowest BCUT2D eigenvalue weighted by atomic mass is 10.3. The van der Waals surface area contributed by atoms with E-state index in [9.17, 15) is 9.59 Å². The zero-order chi connectivity index (χ0) is 15.0. The van der Waals surface area contributed by atoms with Crippen LogP contribution in [0.5, 0.6) is 0 Å². The minimum absolute atomic E-state index is 0.0143. The summed E-state index contributed by atoms with van der Waals surface area (Å²) in [7, 11) is 0. The van der Waals surface area contributed by atoms with E-state index in [2.05, 4.69) is 4.98 Å². The zero-order valence-corrected chi connectivity index (χ0v) is 11.8. The van der Waals surface area contributed by atoms with E-state index in [1.165, 1.54) is 10.5 Å². The molecule has 1 fully saturated rings. The summed E-state index contributed by atoms with van der Waals surface area (Å²) in [4.78, 5) is 29.4. The summed E-state index contributed by atoms with van der Waals surface area (Å²) in [6.45, 7) is 2.30. The highest BCUT2D eigenvalue weighted by molar-refractivity contribution is 5.69. The molecule has 0 saturated heterocycles. The van der Waals surface area contributed by atoms with Crippen LogP contribution in [0.2, 0.25) is 0 Å². The average molecular weight is 287 g/mol. The van der Waals surface area contributed by atoms with Gasteiger partial charge in [0.25, 0.3) is 5.56 Å². The van der Waals surface area contributed by atoms with Crippen molar-refractivity contribution in [3.8, 4) is 0 Å². The number of carbonyl (C=O) groups is 1. The normalized spacial score (nSPS) is 14.8. The van der Waals surface area contributed by atoms with Crippen molar-refractivity contribution in [1.82, 2.24) is 14.3 Å². The van der Waals surface area contributed by atoms with E-state index in [1.807, 2.05) is 17.9 Å². The Morgan fingerprint density at radius 3 is 2.90 bits per heavy atom. The van der Waals surface area contributed by atoms with Gasteiger partial charge in [-0.05, 0) is 31.4 Å². The van der Waals surface area contributed by atoms with Crippen molar-refractivity contribution >= 4 is 11.6 Å².